The Morgan fingerprint density at radius 2 is 1.79 bits per heavy atom. The Labute approximate surface area is 195 Å². The summed E-state index contributed by atoms with van der Waals surface area (Å²) < 4.78 is 22.6. The van der Waals surface area contributed by atoms with E-state index < -0.39 is 6.10 Å². The Bertz CT molecular complexity index is 879. The lowest BCUT2D eigenvalue weighted by atomic mass is 10.0. The highest BCUT2D eigenvalue weighted by Crippen LogP contribution is 2.43. The maximum Gasteiger partial charge on any atom is 0.203 e. The van der Waals surface area contributed by atoms with Gasteiger partial charge >= 0.3 is 0 Å². The summed E-state index contributed by atoms with van der Waals surface area (Å²) >= 11 is 0. The molecule has 3 rings (SSSR count). The van der Waals surface area contributed by atoms with Gasteiger partial charge in [0.15, 0.2) is 11.5 Å². The van der Waals surface area contributed by atoms with Crippen LogP contribution in [0, 0.1) is 0 Å². The molecule has 3 unspecified atom stereocenters. The van der Waals surface area contributed by atoms with Crippen LogP contribution in [0.4, 0.5) is 0 Å². The van der Waals surface area contributed by atoms with Crippen LogP contribution >= 0.6 is 0 Å². The maximum atomic E-state index is 10.3. The second-order valence-corrected chi connectivity index (χ2v) is 8.19. The SMILES string of the molecule is COc1cc(C2CCC(CCCNCC(O)c3ccc(O)c(CO)c3)O2)cc(OC)c1OC. The van der Waals surface area contributed by atoms with Crippen molar-refractivity contribution >= 4 is 0 Å². The van der Waals surface area contributed by atoms with Crippen LogP contribution in [-0.2, 0) is 11.3 Å². The van der Waals surface area contributed by atoms with Gasteiger partial charge in [0.2, 0.25) is 5.75 Å². The molecule has 1 fully saturated rings. The second-order valence-electron chi connectivity index (χ2n) is 8.19. The van der Waals surface area contributed by atoms with E-state index in [0.29, 0.717) is 34.9 Å². The highest BCUT2D eigenvalue weighted by Gasteiger charge is 2.28. The number of nitrogens with one attached hydrogen (secondary N) is 1. The van der Waals surface area contributed by atoms with E-state index in [4.69, 9.17) is 18.9 Å². The van der Waals surface area contributed by atoms with Crippen LogP contribution in [0.1, 0.15) is 54.6 Å². The predicted molar refractivity (Wildman–Crippen MR) is 124 cm³/mol. The van der Waals surface area contributed by atoms with Crippen LogP contribution < -0.4 is 19.5 Å². The molecule has 182 valence electrons. The standard InChI is InChI=1S/C25H35NO7/c1-30-23-12-17(13-24(31-2)25(23)32-3)22-9-7-19(33-22)5-4-10-26-14-21(29)16-6-8-20(28)18(11-16)15-27/h6,8,11-13,19,21-22,26-29H,4-5,7,9-10,14-15H2,1-3H3. The summed E-state index contributed by atoms with van der Waals surface area (Å²) in [6.07, 6.45) is 3.25. The first-order valence-electron chi connectivity index (χ1n) is 11.3. The van der Waals surface area contributed by atoms with Gasteiger partial charge in [-0.05, 0) is 67.6 Å². The smallest absolute Gasteiger partial charge is 0.203 e. The summed E-state index contributed by atoms with van der Waals surface area (Å²) in [5, 5.41) is 32.5. The molecule has 2 aromatic carbocycles. The quantitative estimate of drug-likeness (QED) is 0.357. The van der Waals surface area contributed by atoms with E-state index >= 15 is 0 Å². The number of phenols is 1. The number of aromatic hydroxyl groups is 1. The van der Waals surface area contributed by atoms with Crippen LogP contribution in [0.15, 0.2) is 30.3 Å². The van der Waals surface area contributed by atoms with Gasteiger partial charge < -0.3 is 39.6 Å². The van der Waals surface area contributed by atoms with Gasteiger partial charge in [-0.15, -0.1) is 0 Å². The highest BCUT2D eigenvalue weighted by molar-refractivity contribution is 5.54. The van der Waals surface area contributed by atoms with E-state index in [9.17, 15) is 15.3 Å². The van der Waals surface area contributed by atoms with Crippen molar-refractivity contribution in [2.24, 2.45) is 0 Å². The molecular weight excluding hydrogens is 426 g/mol. The average molecular weight is 462 g/mol. The van der Waals surface area contributed by atoms with Gasteiger partial charge in [-0.2, -0.15) is 0 Å². The monoisotopic (exact) mass is 461 g/mol. The van der Waals surface area contributed by atoms with Crippen molar-refractivity contribution in [3.63, 3.8) is 0 Å². The van der Waals surface area contributed by atoms with Crippen LogP contribution in [0.5, 0.6) is 23.0 Å². The summed E-state index contributed by atoms with van der Waals surface area (Å²) in [7, 11) is 4.80. The Balaban J connectivity index is 1.43. The van der Waals surface area contributed by atoms with Crippen LogP contribution in [-0.4, -0.2) is 55.8 Å². The molecule has 3 atom stereocenters. The molecule has 0 aromatic heterocycles. The van der Waals surface area contributed by atoms with Gasteiger partial charge in [-0.25, -0.2) is 0 Å². The number of hydrogen-bond donors (Lipinski definition) is 4. The van der Waals surface area contributed by atoms with E-state index in [-0.39, 0.29) is 24.6 Å². The zero-order valence-electron chi connectivity index (χ0n) is 19.5. The minimum atomic E-state index is -0.706. The lowest BCUT2D eigenvalue weighted by Gasteiger charge is -2.18. The molecular formula is C25H35NO7. The Morgan fingerprint density at radius 3 is 2.42 bits per heavy atom. The normalized spacial score (nSPS) is 18.8. The van der Waals surface area contributed by atoms with Gasteiger partial charge in [0.1, 0.15) is 5.75 Å². The van der Waals surface area contributed by atoms with Gasteiger partial charge in [0, 0.05) is 12.1 Å². The molecule has 0 bridgehead atoms. The molecule has 0 spiro atoms. The number of benzene rings is 2. The van der Waals surface area contributed by atoms with Crippen LogP contribution in [0.2, 0.25) is 0 Å². The van der Waals surface area contributed by atoms with Crippen molar-refractivity contribution in [3.8, 4) is 23.0 Å². The average Bonchev–Trinajstić information content (AvgIpc) is 3.31. The molecule has 0 saturated carbocycles. The molecule has 0 amide bonds. The highest BCUT2D eigenvalue weighted by atomic mass is 16.5. The number of hydrogen-bond acceptors (Lipinski definition) is 8. The van der Waals surface area contributed by atoms with Crippen LogP contribution in [0.3, 0.4) is 0 Å². The Morgan fingerprint density at radius 1 is 1.06 bits per heavy atom. The van der Waals surface area contributed by atoms with E-state index in [1.807, 2.05) is 12.1 Å². The van der Waals surface area contributed by atoms with Crippen molar-refractivity contribution in [3.05, 3.63) is 47.0 Å². The molecule has 1 aliphatic heterocycles. The zero-order chi connectivity index (χ0) is 23.8. The minimum Gasteiger partial charge on any atom is -0.508 e. The molecule has 1 aliphatic rings. The molecule has 1 heterocycles. The third-order valence-corrected chi connectivity index (χ3v) is 6.04. The van der Waals surface area contributed by atoms with E-state index in [0.717, 1.165) is 37.8 Å². The largest absolute Gasteiger partial charge is 0.508 e. The number of aliphatic hydroxyl groups excluding tert-OH is 2. The number of ether oxygens (including phenoxy) is 4. The molecule has 0 aliphatic carbocycles. The van der Waals surface area contributed by atoms with Crippen LogP contribution in [0.25, 0.3) is 0 Å². The summed E-state index contributed by atoms with van der Waals surface area (Å²) in [6, 6.07) is 8.67. The lowest BCUT2D eigenvalue weighted by Crippen LogP contribution is -2.23. The maximum absolute atomic E-state index is 10.3. The van der Waals surface area contributed by atoms with Crippen molar-refractivity contribution in [1.82, 2.24) is 5.32 Å². The fourth-order valence-corrected chi connectivity index (χ4v) is 4.20. The fourth-order valence-electron chi connectivity index (χ4n) is 4.20. The van der Waals surface area contributed by atoms with E-state index in [1.165, 1.54) is 6.07 Å². The first-order chi connectivity index (χ1) is 16.0. The first kappa shape index (κ1) is 25.1. The third kappa shape index (κ3) is 6.29. The molecule has 1 saturated heterocycles. The van der Waals surface area contributed by atoms with E-state index in [1.54, 1.807) is 33.5 Å². The lowest BCUT2D eigenvalue weighted by molar-refractivity contribution is 0.0386. The van der Waals surface area contributed by atoms with Gasteiger partial charge in [-0.1, -0.05) is 6.07 Å². The molecule has 0 radical (unpaired) electrons. The van der Waals surface area contributed by atoms with Crippen molar-refractivity contribution in [2.45, 2.75) is 50.6 Å². The summed E-state index contributed by atoms with van der Waals surface area (Å²) in [5.41, 5.74) is 2.09. The summed E-state index contributed by atoms with van der Waals surface area (Å²) in [6.45, 7) is 0.893. The second kappa shape index (κ2) is 12.1. The Hall–Kier alpha value is -2.52. The predicted octanol–water partition coefficient (Wildman–Crippen LogP) is 3.23. The number of methoxy groups -OCH3 is 3. The topological polar surface area (TPSA) is 110 Å². The van der Waals surface area contributed by atoms with E-state index in [2.05, 4.69) is 5.32 Å². The van der Waals surface area contributed by atoms with Crippen molar-refractivity contribution in [2.75, 3.05) is 34.4 Å². The minimum absolute atomic E-state index is 0.00583. The summed E-state index contributed by atoms with van der Waals surface area (Å²) in [4.78, 5) is 0. The Kier molecular flexibility index (Phi) is 9.20. The van der Waals surface area contributed by atoms with Gasteiger partial charge in [-0.3, -0.25) is 0 Å². The number of aliphatic hydroxyl groups is 2. The third-order valence-electron chi connectivity index (χ3n) is 6.04. The van der Waals surface area contributed by atoms with Gasteiger partial charge in [0.05, 0.1) is 46.2 Å². The summed E-state index contributed by atoms with van der Waals surface area (Å²) in [5.74, 6) is 1.86. The van der Waals surface area contributed by atoms with Crippen molar-refractivity contribution < 1.29 is 34.3 Å². The number of rotatable bonds is 12. The molecule has 8 nitrogen and oxygen atoms in total. The molecule has 8 heteroatoms. The molecule has 2 aromatic rings. The van der Waals surface area contributed by atoms with Crippen molar-refractivity contribution in [1.29, 1.82) is 0 Å². The molecule has 33 heavy (non-hydrogen) atoms. The van der Waals surface area contributed by atoms with Gasteiger partial charge in [0.25, 0.3) is 0 Å². The zero-order valence-corrected chi connectivity index (χ0v) is 19.5. The first-order valence-corrected chi connectivity index (χ1v) is 11.3. The fraction of sp³-hybridized carbons (Fsp3) is 0.520. The molecule has 4 N–H and O–H groups in total.